The largest absolute Gasteiger partial charge is 0.356 e. The predicted molar refractivity (Wildman–Crippen MR) is 112 cm³/mol. The van der Waals surface area contributed by atoms with Gasteiger partial charge in [-0.05, 0) is 31.9 Å². The molecule has 28 heavy (non-hydrogen) atoms. The molecule has 2 N–H and O–H groups in total. The van der Waals surface area contributed by atoms with Crippen LogP contribution in [0, 0.1) is 13.8 Å². The number of nitrogens with one attached hydrogen (secondary N) is 2. The summed E-state index contributed by atoms with van der Waals surface area (Å²) >= 11 is 0. The Morgan fingerprint density at radius 2 is 1.93 bits per heavy atom. The first-order valence-electron chi connectivity index (χ1n) is 9.65. The lowest BCUT2D eigenvalue weighted by atomic mass is 10.2. The van der Waals surface area contributed by atoms with Gasteiger partial charge in [0.2, 0.25) is 0 Å². The Hall–Kier alpha value is -3.09. The second-order valence-electron chi connectivity index (χ2n) is 6.89. The van der Waals surface area contributed by atoms with Crippen LogP contribution in [0.4, 0.5) is 0 Å². The van der Waals surface area contributed by atoms with E-state index in [-0.39, 0.29) is 0 Å². The molecule has 0 radical (unpaired) electrons. The molecule has 2 heterocycles. The molecule has 0 bridgehead atoms. The van der Waals surface area contributed by atoms with E-state index in [1.54, 1.807) is 7.05 Å². The van der Waals surface area contributed by atoms with E-state index in [4.69, 9.17) is 0 Å². The topological polar surface area (TPSA) is 72.1 Å². The number of hydrogen-bond donors (Lipinski definition) is 2. The minimum atomic E-state index is 0.686. The number of nitrogens with zero attached hydrogens (tertiary/aromatic N) is 5. The van der Waals surface area contributed by atoms with Crippen LogP contribution in [-0.4, -0.2) is 39.1 Å². The van der Waals surface area contributed by atoms with Crippen molar-refractivity contribution in [3.63, 3.8) is 0 Å². The summed E-state index contributed by atoms with van der Waals surface area (Å²) < 4.78 is 4.01. The van der Waals surface area contributed by atoms with Crippen molar-refractivity contribution in [1.82, 2.24) is 30.2 Å². The van der Waals surface area contributed by atoms with E-state index in [1.807, 2.05) is 40.7 Å². The lowest BCUT2D eigenvalue weighted by molar-refractivity contribution is 0.555. The van der Waals surface area contributed by atoms with Crippen molar-refractivity contribution >= 4 is 5.96 Å². The van der Waals surface area contributed by atoms with Crippen LogP contribution in [0.25, 0.3) is 0 Å². The van der Waals surface area contributed by atoms with Gasteiger partial charge in [-0.1, -0.05) is 30.3 Å². The summed E-state index contributed by atoms with van der Waals surface area (Å²) in [5.74, 6) is 0.796. The molecule has 2 aromatic heterocycles. The molecule has 7 nitrogen and oxygen atoms in total. The fraction of sp³-hybridized carbons (Fsp3) is 0.381. The highest BCUT2D eigenvalue weighted by Gasteiger charge is 2.03. The van der Waals surface area contributed by atoms with Gasteiger partial charge in [-0.25, -0.2) is 0 Å². The first-order chi connectivity index (χ1) is 13.6. The number of guanidine groups is 1. The smallest absolute Gasteiger partial charge is 0.191 e. The SMILES string of the molecule is CN=C(NCCCn1nc(C)cc1C)NCc1cnn(Cc2ccccc2)c1. The summed E-state index contributed by atoms with van der Waals surface area (Å²) in [4.78, 5) is 4.29. The summed E-state index contributed by atoms with van der Waals surface area (Å²) in [5.41, 5.74) is 4.63. The molecule has 0 aliphatic rings. The van der Waals surface area contributed by atoms with Crippen molar-refractivity contribution in [2.45, 2.75) is 39.9 Å². The highest BCUT2D eigenvalue weighted by molar-refractivity contribution is 5.79. The molecule has 0 saturated carbocycles. The van der Waals surface area contributed by atoms with Gasteiger partial charge in [0.05, 0.1) is 18.4 Å². The molecule has 7 heteroatoms. The molecule has 0 unspecified atom stereocenters. The number of hydrogen-bond acceptors (Lipinski definition) is 3. The van der Waals surface area contributed by atoms with E-state index in [2.05, 4.69) is 57.1 Å². The van der Waals surface area contributed by atoms with E-state index in [9.17, 15) is 0 Å². The van der Waals surface area contributed by atoms with Crippen molar-refractivity contribution in [2.75, 3.05) is 13.6 Å². The third-order valence-corrected chi connectivity index (χ3v) is 4.50. The van der Waals surface area contributed by atoms with Gasteiger partial charge in [-0.2, -0.15) is 10.2 Å². The predicted octanol–water partition coefficient (Wildman–Crippen LogP) is 2.50. The Balaban J connectivity index is 1.40. The van der Waals surface area contributed by atoms with Gasteiger partial charge in [0.1, 0.15) is 0 Å². The summed E-state index contributed by atoms with van der Waals surface area (Å²) in [6.45, 7) is 7.31. The van der Waals surface area contributed by atoms with E-state index < -0.39 is 0 Å². The average molecular weight is 380 g/mol. The molecular weight excluding hydrogens is 350 g/mol. The van der Waals surface area contributed by atoms with E-state index in [1.165, 1.54) is 11.3 Å². The third kappa shape index (κ3) is 5.70. The van der Waals surface area contributed by atoms with Crippen LogP contribution in [0.2, 0.25) is 0 Å². The Labute approximate surface area is 166 Å². The second kappa shape index (κ2) is 9.73. The Bertz CT molecular complexity index is 893. The zero-order valence-corrected chi connectivity index (χ0v) is 16.9. The third-order valence-electron chi connectivity index (χ3n) is 4.50. The molecule has 0 aliphatic carbocycles. The van der Waals surface area contributed by atoms with Gasteiger partial charge in [-0.3, -0.25) is 14.4 Å². The van der Waals surface area contributed by atoms with E-state index in [0.717, 1.165) is 43.3 Å². The number of aryl methyl sites for hydroxylation is 3. The maximum Gasteiger partial charge on any atom is 0.191 e. The van der Waals surface area contributed by atoms with Crippen LogP contribution in [-0.2, 0) is 19.6 Å². The van der Waals surface area contributed by atoms with Crippen LogP contribution in [0.15, 0.2) is 53.8 Å². The molecule has 0 fully saturated rings. The van der Waals surface area contributed by atoms with E-state index >= 15 is 0 Å². The van der Waals surface area contributed by atoms with Gasteiger partial charge < -0.3 is 10.6 Å². The van der Waals surface area contributed by atoms with Crippen molar-refractivity contribution in [3.8, 4) is 0 Å². The van der Waals surface area contributed by atoms with Crippen LogP contribution in [0.1, 0.15) is 28.9 Å². The fourth-order valence-electron chi connectivity index (χ4n) is 3.10. The first-order valence-corrected chi connectivity index (χ1v) is 9.65. The molecule has 1 aromatic carbocycles. The standard InChI is InChI=1S/C21H29N7/c1-17-12-18(2)28(26-17)11-7-10-23-21(22-3)24-13-20-14-25-27(16-20)15-19-8-5-4-6-9-19/h4-6,8-9,12,14,16H,7,10-11,13,15H2,1-3H3,(H2,22,23,24). The van der Waals surface area contributed by atoms with Crippen molar-refractivity contribution in [3.05, 3.63) is 71.3 Å². The molecule has 0 aliphatic heterocycles. The van der Waals surface area contributed by atoms with E-state index in [0.29, 0.717) is 6.54 Å². The molecule has 0 amide bonds. The van der Waals surface area contributed by atoms with Crippen molar-refractivity contribution in [2.24, 2.45) is 4.99 Å². The van der Waals surface area contributed by atoms with Gasteiger partial charge >= 0.3 is 0 Å². The molecule has 3 aromatic rings. The lowest BCUT2D eigenvalue weighted by Gasteiger charge is -2.11. The fourth-order valence-corrected chi connectivity index (χ4v) is 3.10. The molecular formula is C21H29N7. The summed E-state index contributed by atoms with van der Waals surface area (Å²) in [5, 5.41) is 15.6. The molecule has 0 atom stereocenters. The number of aromatic nitrogens is 4. The second-order valence-corrected chi connectivity index (χ2v) is 6.89. The summed E-state index contributed by atoms with van der Waals surface area (Å²) in [6.07, 6.45) is 4.94. The highest BCUT2D eigenvalue weighted by Crippen LogP contribution is 2.04. The van der Waals surface area contributed by atoms with Gasteiger partial charge in [0.15, 0.2) is 5.96 Å². The van der Waals surface area contributed by atoms with Crippen LogP contribution >= 0.6 is 0 Å². The monoisotopic (exact) mass is 379 g/mol. The molecule has 148 valence electrons. The molecule has 0 spiro atoms. The van der Waals surface area contributed by atoms with Crippen molar-refractivity contribution in [1.29, 1.82) is 0 Å². The minimum absolute atomic E-state index is 0.686. The maximum atomic E-state index is 4.49. The first kappa shape index (κ1) is 19.7. The van der Waals surface area contributed by atoms with Crippen molar-refractivity contribution < 1.29 is 0 Å². The Kier molecular flexibility index (Phi) is 6.84. The van der Waals surface area contributed by atoms with Crippen LogP contribution in [0.5, 0.6) is 0 Å². The maximum absolute atomic E-state index is 4.49. The zero-order chi connectivity index (χ0) is 19.8. The minimum Gasteiger partial charge on any atom is -0.356 e. The quantitative estimate of drug-likeness (QED) is 0.358. The average Bonchev–Trinajstić information content (AvgIpc) is 3.27. The zero-order valence-electron chi connectivity index (χ0n) is 16.9. The lowest BCUT2D eigenvalue weighted by Crippen LogP contribution is -2.37. The van der Waals surface area contributed by atoms with Gasteiger partial charge in [0.25, 0.3) is 0 Å². The van der Waals surface area contributed by atoms with Crippen LogP contribution in [0.3, 0.4) is 0 Å². The molecule has 0 saturated heterocycles. The van der Waals surface area contributed by atoms with Crippen LogP contribution < -0.4 is 10.6 Å². The summed E-state index contributed by atoms with van der Waals surface area (Å²) in [7, 11) is 1.79. The number of aliphatic imine (C=N–C) groups is 1. The number of rotatable bonds is 8. The van der Waals surface area contributed by atoms with Gasteiger partial charge in [-0.15, -0.1) is 0 Å². The Morgan fingerprint density at radius 1 is 1.11 bits per heavy atom. The highest BCUT2D eigenvalue weighted by atomic mass is 15.3. The number of benzene rings is 1. The molecule has 3 rings (SSSR count). The Morgan fingerprint density at radius 3 is 2.64 bits per heavy atom. The van der Waals surface area contributed by atoms with Gasteiger partial charge in [0, 0.05) is 44.1 Å². The summed E-state index contributed by atoms with van der Waals surface area (Å²) in [6, 6.07) is 12.4. The normalized spacial score (nSPS) is 11.6.